The largest absolute Gasteiger partial charge is 0.251 e. The average molecular weight is 455 g/mol. The van der Waals surface area contributed by atoms with Gasteiger partial charge in [-0.15, -0.1) is 0 Å². The minimum Gasteiger partial charge on any atom is -0.251 e. The highest BCUT2D eigenvalue weighted by Gasteiger charge is 1.95. The summed E-state index contributed by atoms with van der Waals surface area (Å²) in [6, 6.07) is 35.5. The van der Waals surface area contributed by atoms with Gasteiger partial charge in [-0.1, -0.05) is 117 Å². The second-order valence-electron chi connectivity index (χ2n) is 6.37. The van der Waals surface area contributed by atoms with Gasteiger partial charge in [-0.05, 0) is 48.2 Å². The van der Waals surface area contributed by atoms with Crippen LogP contribution in [0.5, 0.6) is 0 Å². The predicted molar refractivity (Wildman–Crippen MR) is 144 cm³/mol. The van der Waals surface area contributed by atoms with Crippen molar-refractivity contribution in [3.05, 3.63) is 121 Å². The monoisotopic (exact) mass is 454 g/mol. The van der Waals surface area contributed by atoms with E-state index in [4.69, 9.17) is 0 Å². The van der Waals surface area contributed by atoms with E-state index in [0.717, 1.165) is 11.1 Å². The molecule has 0 saturated carbocycles. The standard InChI is InChI=1S/C13H12.C12H9F.C2H5F.2CH4.H2S/c1-11-7-9-13(10-8-11)12-5-3-2-4-6-12;13-12-8-6-11(7-9-12)10-4-2-1-3-5-10;1-2-3;;;/h2-10H,1H3;1-9H;2H2,1H3;2*1H4;1H2. The molecule has 0 nitrogen and oxygen atoms in total. The molecule has 4 rings (SSSR count). The first-order valence-corrected chi connectivity index (χ1v) is 9.63. The van der Waals surface area contributed by atoms with E-state index in [9.17, 15) is 8.78 Å². The van der Waals surface area contributed by atoms with Crippen LogP contribution in [-0.4, -0.2) is 6.67 Å². The van der Waals surface area contributed by atoms with Crippen molar-refractivity contribution in [3.8, 4) is 22.3 Å². The minimum absolute atomic E-state index is 0. The summed E-state index contributed by atoms with van der Waals surface area (Å²) < 4.78 is 22.9. The fraction of sp³-hybridized carbons (Fsp3) is 0.172. The van der Waals surface area contributed by atoms with E-state index >= 15 is 0 Å². The first kappa shape index (κ1) is 31.3. The molecule has 4 aromatic rings. The summed E-state index contributed by atoms with van der Waals surface area (Å²) in [6.45, 7) is 3.31. The predicted octanol–water partition coefficient (Wildman–Crippen LogP) is 9.52. The van der Waals surface area contributed by atoms with Crippen LogP contribution in [0.2, 0.25) is 0 Å². The molecule has 0 fully saturated rings. The van der Waals surface area contributed by atoms with E-state index in [2.05, 4.69) is 55.5 Å². The zero-order valence-electron chi connectivity index (χ0n) is 17.4. The molecule has 0 amide bonds. The molecular formula is C29H36F2S. The van der Waals surface area contributed by atoms with Crippen LogP contribution in [0.4, 0.5) is 8.78 Å². The number of rotatable bonds is 2. The molecule has 3 heteroatoms. The van der Waals surface area contributed by atoms with Crippen LogP contribution < -0.4 is 0 Å². The lowest BCUT2D eigenvalue weighted by atomic mass is 10.0. The summed E-state index contributed by atoms with van der Waals surface area (Å²) in [5.41, 5.74) is 6.03. The summed E-state index contributed by atoms with van der Waals surface area (Å²) in [4.78, 5) is 0. The van der Waals surface area contributed by atoms with Crippen molar-refractivity contribution in [2.24, 2.45) is 0 Å². The lowest BCUT2D eigenvalue weighted by molar-refractivity contribution is 0.527. The highest BCUT2D eigenvalue weighted by Crippen LogP contribution is 2.19. The number of alkyl halides is 1. The van der Waals surface area contributed by atoms with Crippen LogP contribution in [-0.2, 0) is 0 Å². The lowest BCUT2D eigenvalue weighted by Crippen LogP contribution is -1.77. The van der Waals surface area contributed by atoms with Gasteiger partial charge in [0.1, 0.15) is 5.82 Å². The maximum atomic E-state index is 12.6. The molecule has 0 aromatic heterocycles. The molecule has 4 aromatic carbocycles. The maximum Gasteiger partial charge on any atom is 0.123 e. The summed E-state index contributed by atoms with van der Waals surface area (Å²) in [5.74, 6) is -0.195. The molecule has 32 heavy (non-hydrogen) atoms. The zero-order valence-corrected chi connectivity index (χ0v) is 18.4. The normalized spacial score (nSPS) is 8.62. The zero-order chi connectivity index (χ0) is 20.9. The number of hydrogen-bond acceptors (Lipinski definition) is 0. The van der Waals surface area contributed by atoms with Gasteiger partial charge in [0.2, 0.25) is 0 Å². The number of hydrogen-bond donors (Lipinski definition) is 0. The van der Waals surface area contributed by atoms with E-state index in [1.165, 1.54) is 35.7 Å². The van der Waals surface area contributed by atoms with Crippen molar-refractivity contribution < 1.29 is 8.78 Å². The molecule has 0 aliphatic rings. The van der Waals surface area contributed by atoms with Gasteiger partial charge in [0.15, 0.2) is 0 Å². The first-order valence-electron chi connectivity index (χ1n) is 9.63. The topological polar surface area (TPSA) is 0 Å². The third-order valence-electron chi connectivity index (χ3n) is 4.11. The van der Waals surface area contributed by atoms with Gasteiger partial charge in [0.05, 0.1) is 6.67 Å². The highest BCUT2D eigenvalue weighted by molar-refractivity contribution is 7.59. The molecule has 0 N–H and O–H groups in total. The van der Waals surface area contributed by atoms with Crippen molar-refractivity contribution in [1.29, 1.82) is 0 Å². The molecule has 0 aliphatic heterocycles. The fourth-order valence-corrected chi connectivity index (χ4v) is 2.65. The fourth-order valence-electron chi connectivity index (χ4n) is 2.65. The second-order valence-corrected chi connectivity index (χ2v) is 6.37. The molecule has 172 valence electrons. The second kappa shape index (κ2) is 17.7. The van der Waals surface area contributed by atoms with Crippen LogP contribution in [0.25, 0.3) is 22.3 Å². The van der Waals surface area contributed by atoms with Crippen LogP contribution in [0.15, 0.2) is 109 Å². The summed E-state index contributed by atoms with van der Waals surface area (Å²) in [6.07, 6.45) is 0. The molecule has 0 radical (unpaired) electrons. The van der Waals surface area contributed by atoms with Crippen molar-refractivity contribution >= 4 is 13.5 Å². The van der Waals surface area contributed by atoms with E-state index in [-0.39, 0.29) is 40.8 Å². The van der Waals surface area contributed by atoms with Gasteiger partial charge < -0.3 is 0 Å². The van der Waals surface area contributed by atoms with Crippen molar-refractivity contribution in [3.63, 3.8) is 0 Å². The quantitative estimate of drug-likeness (QED) is 0.283. The Morgan fingerprint density at radius 2 is 0.812 bits per heavy atom. The Labute approximate surface area is 200 Å². The molecule has 0 atom stereocenters. The molecular weight excluding hydrogens is 418 g/mol. The van der Waals surface area contributed by atoms with Crippen molar-refractivity contribution in [2.45, 2.75) is 28.7 Å². The van der Waals surface area contributed by atoms with Gasteiger partial charge in [0.25, 0.3) is 0 Å². The summed E-state index contributed by atoms with van der Waals surface area (Å²) >= 11 is 0. The number of benzene rings is 4. The van der Waals surface area contributed by atoms with Crippen LogP contribution in [0.1, 0.15) is 27.3 Å². The van der Waals surface area contributed by atoms with Crippen molar-refractivity contribution in [1.82, 2.24) is 0 Å². The SMILES string of the molecule is C.C.CCF.Cc1ccc(-c2ccccc2)cc1.Fc1ccc(-c2ccccc2)cc1.S. The van der Waals surface area contributed by atoms with E-state index < -0.39 is 0 Å². The van der Waals surface area contributed by atoms with E-state index in [0.29, 0.717) is 0 Å². The Hall–Kier alpha value is -2.91. The first-order chi connectivity index (χ1) is 14.1. The molecule has 0 saturated heterocycles. The smallest absolute Gasteiger partial charge is 0.123 e. The van der Waals surface area contributed by atoms with Crippen LogP contribution in [0.3, 0.4) is 0 Å². The van der Waals surface area contributed by atoms with Crippen molar-refractivity contribution in [2.75, 3.05) is 6.67 Å². The Morgan fingerprint density at radius 3 is 1.16 bits per heavy atom. The minimum atomic E-state index is -0.250. The van der Waals surface area contributed by atoms with Gasteiger partial charge >= 0.3 is 0 Å². The van der Waals surface area contributed by atoms with Gasteiger partial charge in [-0.25, -0.2) is 4.39 Å². The maximum absolute atomic E-state index is 12.6. The van der Waals surface area contributed by atoms with E-state index in [1.54, 1.807) is 12.1 Å². The Balaban J connectivity index is 0. The van der Waals surface area contributed by atoms with Crippen LogP contribution >= 0.6 is 13.5 Å². The van der Waals surface area contributed by atoms with Gasteiger partial charge in [-0.3, -0.25) is 4.39 Å². The average Bonchev–Trinajstić information content (AvgIpc) is 2.77. The Bertz CT molecular complexity index is 855. The summed E-state index contributed by atoms with van der Waals surface area (Å²) in [5, 5.41) is 0. The third kappa shape index (κ3) is 10.9. The Morgan fingerprint density at radius 1 is 0.531 bits per heavy atom. The van der Waals surface area contributed by atoms with Gasteiger partial charge in [0, 0.05) is 0 Å². The third-order valence-corrected chi connectivity index (χ3v) is 4.11. The summed E-state index contributed by atoms with van der Waals surface area (Å²) in [7, 11) is 0. The number of halogens is 2. The molecule has 0 aliphatic carbocycles. The Kier molecular flexibility index (Phi) is 17.3. The van der Waals surface area contributed by atoms with Crippen LogP contribution in [0, 0.1) is 12.7 Å². The molecule has 0 unspecified atom stereocenters. The lowest BCUT2D eigenvalue weighted by Gasteiger charge is -2.00. The molecule has 0 bridgehead atoms. The number of aryl methyl sites for hydroxylation is 1. The van der Waals surface area contributed by atoms with Gasteiger partial charge in [-0.2, -0.15) is 13.5 Å². The van der Waals surface area contributed by atoms with E-state index in [1.807, 2.05) is 36.4 Å². The highest BCUT2D eigenvalue weighted by atomic mass is 32.1. The molecule has 0 spiro atoms. The molecule has 0 heterocycles.